The molecule has 2 N–H and O–H groups in total. The molecule has 2 atom stereocenters. The fourth-order valence-corrected chi connectivity index (χ4v) is 2.84. The van der Waals surface area contributed by atoms with Crippen LogP contribution in [-0.4, -0.2) is 25.7 Å². The number of urea groups is 1. The van der Waals surface area contributed by atoms with Crippen LogP contribution < -0.4 is 15.4 Å². The molecule has 6 heteroatoms. The Morgan fingerprint density at radius 1 is 1.20 bits per heavy atom. The lowest BCUT2D eigenvalue weighted by Gasteiger charge is -2.33. The molecule has 0 aliphatic carbocycles. The first kappa shape index (κ1) is 18.8. The number of rotatable bonds is 8. The van der Waals surface area contributed by atoms with E-state index < -0.39 is 12.0 Å². The summed E-state index contributed by atoms with van der Waals surface area (Å²) in [4.78, 5) is 24.4. The molecule has 0 saturated carbocycles. The summed E-state index contributed by atoms with van der Waals surface area (Å²) in [7, 11) is 1.59. The van der Waals surface area contributed by atoms with Gasteiger partial charge in [-0.2, -0.15) is 0 Å². The largest absolute Gasteiger partial charge is 0.497 e. The van der Waals surface area contributed by atoms with Crippen LogP contribution in [0.5, 0.6) is 5.75 Å². The average Bonchev–Trinajstić information content (AvgIpc) is 2.60. The zero-order valence-electron chi connectivity index (χ0n) is 14.8. The van der Waals surface area contributed by atoms with Crippen molar-refractivity contribution in [3.8, 4) is 5.75 Å². The van der Waals surface area contributed by atoms with E-state index in [0.29, 0.717) is 18.1 Å². The second-order valence-corrected chi connectivity index (χ2v) is 6.08. The maximum atomic E-state index is 12.6. The molecule has 0 bridgehead atoms. The van der Waals surface area contributed by atoms with E-state index in [1.807, 2.05) is 12.1 Å². The van der Waals surface area contributed by atoms with Crippen molar-refractivity contribution in [3.63, 3.8) is 0 Å². The smallest absolute Gasteiger partial charge is 0.319 e. The van der Waals surface area contributed by atoms with Crippen LogP contribution in [0.2, 0.25) is 0 Å². The first-order valence-electron chi connectivity index (χ1n) is 8.63. The molecule has 1 aliphatic rings. The van der Waals surface area contributed by atoms with Gasteiger partial charge in [-0.05, 0) is 24.1 Å². The van der Waals surface area contributed by atoms with Crippen molar-refractivity contribution in [1.82, 2.24) is 10.6 Å². The zero-order valence-corrected chi connectivity index (χ0v) is 14.8. The molecule has 1 aromatic rings. The zero-order chi connectivity index (χ0) is 18.2. The summed E-state index contributed by atoms with van der Waals surface area (Å²) in [6.07, 6.45) is 4.13. The van der Waals surface area contributed by atoms with Crippen LogP contribution in [0.3, 0.4) is 0 Å². The van der Waals surface area contributed by atoms with E-state index in [9.17, 15) is 9.59 Å². The Labute approximate surface area is 148 Å². The number of hydrogen-bond acceptors (Lipinski definition) is 4. The second-order valence-electron chi connectivity index (χ2n) is 6.08. The fraction of sp³-hybridized carbons (Fsp3) is 0.474. The lowest BCUT2D eigenvalue weighted by molar-refractivity contribution is -0.148. The first-order chi connectivity index (χ1) is 12.1. The van der Waals surface area contributed by atoms with Gasteiger partial charge in [0.15, 0.2) is 0 Å². The van der Waals surface area contributed by atoms with E-state index in [-0.39, 0.29) is 12.0 Å². The Hall–Kier alpha value is -2.50. The minimum absolute atomic E-state index is 0.350. The highest BCUT2D eigenvalue weighted by Crippen LogP contribution is 2.31. The Balaban J connectivity index is 2.09. The van der Waals surface area contributed by atoms with E-state index in [2.05, 4.69) is 24.1 Å². The number of carbonyl (C=O) groups excluding carboxylic acids is 2. The molecule has 0 spiro atoms. The summed E-state index contributed by atoms with van der Waals surface area (Å²) in [5.41, 5.74) is 1.15. The van der Waals surface area contributed by atoms with Gasteiger partial charge in [0, 0.05) is 5.70 Å². The van der Waals surface area contributed by atoms with E-state index in [4.69, 9.17) is 9.47 Å². The number of unbranched alkanes of at least 4 members (excludes halogenated alkanes) is 3. The van der Waals surface area contributed by atoms with Gasteiger partial charge < -0.3 is 20.1 Å². The lowest BCUT2D eigenvalue weighted by Crippen LogP contribution is -2.51. The number of esters is 1. The van der Waals surface area contributed by atoms with Gasteiger partial charge in [-0.25, -0.2) is 4.79 Å². The summed E-state index contributed by atoms with van der Waals surface area (Å²) < 4.78 is 10.6. The third-order valence-corrected chi connectivity index (χ3v) is 4.24. The Kier molecular flexibility index (Phi) is 6.86. The van der Waals surface area contributed by atoms with Gasteiger partial charge in [-0.3, -0.25) is 4.79 Å². The molecule has 2 amide bonds. The van der Waals surface area contributed by atoms with Gasteiger partial charge in [0.05, 0.1) is 19.8 Å². The number of nitrogens with one attached hydrogen (secondary N) is 2. The van der Waals surface area contributed by atoms with Crippen LogP contribution in [-0.2, 0) is 9.53 Å². The highest BCUT2D eigenvalue weighted by atomic mass is 16.5. The van der Waals surface area contributed by atoms with Crippen molar-refractivity contribution in [1.29, 1.82) is 0 Å². The van der Waals surface area contributed by atoms with Crippen molar-refractivity contribution < 1.29 is 19.1 Å². The van der Waals surface area contributed by atoms with Crippen LogP contribution in [0, 0.1) is 5.92 Å². The average molecular weight is 346 g/mol. The number of benzene rings is 1. The molecular formula is C19H26N2O4. The number of amides is 2. The summed E-state index contributed by atoms with van der Waals surface area (Å²) in [5.74, 6) is -0.343. The van der Waals surface area contributed by atoms with E-state index in [0.717, 1.165) is 31.2 Å². The Morgan fingerprint density at radius 3 is 2.56 bits per heavy atom. The minimum Gasteiger partial charge on any atom is -0.497 e. The van der Waals surface area contributed by atoms with Crippen molar-refractivity contribution in [2.75, 3.05) is 13.7 Å². The molecule has 0 radical (unpaired) electrons. The van der Waals surface area contributed by atoms with Crippen LogP contribution in [0.4, 0.5) is 4.79 Å². The quantitative estimate of drug-likeness (QED) is 0.559. The van der Waals surface area contributed by atoms with Gasteiger partial charge in [0.2, 0.25) is 0 Å². The standard InChI is InChI=1S/C19H26N2O4/c1-4-5-6-7-12-25-18(22)16-13(2)20-19(23)21-17(16)14-8-10-15(24-3)11-9-14/h8-11,16-17H,2,4-7,12H2,1,3H3,(H2,20,21,23)/t16-,17+/m1/s1. The number of ether oxygens (including phenoxy) is 2. The highest BCUT2D eigenvalue weighted by molar-refractivity contribution is 5.85. The predicted octanol–water partition coefficient (Wildman–Crippen LogP) is 3.30. The van der Waals surface area contributed by atoms with Crippen LogP contribution in [0.15, 0.2) is 36.5 Å². The topological polar surface area (TPSA) is 76.7 Å². The fourth-order valence-electron chi connectivity index (χ4n) is 2.84. The number of methoxy groups -OCH3 is 1. The molecule has 0 unspecified atom stereocenters. The third-order valence-electron chi connectivity index (χ3n) is 4.24. The van der Waals surface area contributed by atoms with Gasteiger partial charge >= 0.3 is 12.0 Å². The molecular weight excluding hydrogens is 320 g/mol. The summed E-state index contributed by atoms with van der Waals surface area (Å²) in [6, 6.07) is 6.33. The van der Waals surface area contributed by atoms with Gasteiger partial charge in [0.1, 0.15) is 11.7 Å². The molecule has 1 aliphatic heterocycles. The van der Waals surface area contributed by atoms with Gasteiger partial charge in [-0.1, -0.05) is 44.9 Å². The number of hydrogen-bond donors (Lipinski definition) is 2. The van der Waals surface area contributed by atoms with Gasteiger partial charge in [-0.15, -0.1) is 0 Å². The molecule has 1 heterocycles. The maximum absolute atomic E-state index is 12.6. The monoisotopic (exact) mass is 346 g/mol. The van der Waals surface area contributed by atoms with E-state index in [1.165, 1.54) is 0 Å². The number of carbonyl (C=O) groups is 2. The molecule has 0 aromatic heterocycles. The Bertz CT molecular complexity index is 612. The predicted molar refractivity (Wildman–Crippen MR) is 95.1 cm³/mol. The minimum atomic E-state index is -0.669. The summed E-state index contributed by atoms with van der Waals surface area (Å²) >= 11 is 0. The van der Waals surface area contributed by atoms with Crippen molar-refractivity contribution >= 4 is 12.0 Å². The Morgan fingerprint density at radius 2 is 1.92 bits per heavy atom. The maximum Gasteiger partial charge on any atom is 0.319 e. The van der Waals surface area contributed by atoms with E-state index >= 15 is 0 Å². The van der Waals surface area contributed by atoms with Crippen LogP contribution in [0.25, 0.3) is 0 Å². The van der Waals surface area contributed by atoms with Crippen molar-refractivity contribution in [2.24, 2.45) is 5.92 Å². The van der Waals surface area contributed by atoms with Crippen LogP contribution >= 0.6 is 0 Å². The third kappa shape index (κ3) is 4.98. The molecule has 6 nitrogen and oxygen atoms in total. The second kappa shape index (κ2) is 9.11. The van der Waals surface area contributed by atoms with Crippen molar-refractivity contribution in [3.05, 3.63) is 42.1 Å². The highest BCUT2D eigenvalue weighted by Gasteiger charge is 2.38. The molecule has 136 valence electrons. The molecule has 1 aromatic carbocycles. The lowest BCUT2D eigenvalue weighted by atomic mass is 9.89. The van der Waals surface area contributed by atoms with E-state index in [1.54, 1.807) is 19.2 Å². The SMILES string of the molecule is C=C1NC(=O)N[C@@H](c2ccc(OC)cc2)[C@@H]1C(=O)OCCCCCC. The summed E-state index contributed by atoms with van der Waals surface area (Å²) in [5, 5.41) is 5.36. The molecule has 2 rings (SSSR count). The summed E-state index contributed by atoms with van der Waals surface area (Å²) in [6.45, 7) is 6.35. The van der Waals surface area contributed by atoms with Gasteiger partial charge in [0.25, 0.3) is 0 Å². The molecule has 1 fully saturated rings. The van der Waals surface area contributed by atoms with Crippen molar-refractivity contribution in [2.45, 2.75) is 38.6 Å². The molecule has 25 heavy (non-hydrogen) atoms. The first-order valence-corrected chi connectivity index (χ1v) is 8.63. The normalized spacial score (nSPS) is 19.8. The molecule has 1 saturated heterocycles. The van der Waals surface area contributed by atoms with Crippen LogP contribution in [0.1, 0.15) is 44.2 Å².